The van der Waals surface area contributed by atoms with Gasteiger partial charge in [-0.2, -0.15) is 5.26 Å². The molecule has 0 radical (unpaired) electrons. The van der Waals surface area contributed by atoms with Crippen molar-refractivity contribution in [3.05, 3.63) is 15.0 Å². The van der Waals surface area contributed by atoms with E-state index in [0.29, 0.717) is 24.1 Å². The Morgan fingerprint density at radius 1 is 1.71 bits per heavy atom. The van der Waals surface area contributed by atoms with Crippen LogP contribution in [-0.4, -0.2) is 10.1 Å². The Morgan fingerprint density at radius 2 is 2.43 bits per heavy atom. The number of nitriles is 1. The van der Waals surface area contributed by atoms with Crippen molar-refractivity contribution in [2.75, 3.05) is 0 Å². The predicted octanol–water partition coefficient (Wildman–Crippen LogP) is 2.45. The molecule has 0 bridgehead atoms. The van der Waals surface area contributed by atoms with Gasteiger partial charge in [-0.15, -0.1) is 24.0 Å². The van der Waals surface area contributed by atoms with E-state index >= 15 is 0 Å². The molecular formula is C8H7ClN2OS2. The van der Waals surface area contributed by atoms with Gasteiger partial charge in [0.1, 0.15) is 10.9 Å². The maximum Gasteiger partial charge on any atom is 0.185 e. The molecule has 0 spiro atoms. The summed E-state index contributed by atoms with van der Waals surface area (Å²) in [5.41, 5.74) is 0. The minimum Gasteiger partial charge on any atom is -0.288 e. The van der Waals surface area contributed by atoms with Gasteiger partial charge < -0.3 is 0 Å². The van der Waals surface area contributed by atoms with Crippen LogP contribution in [0.25, 0.3) is 0 Å². The molecule has 1 heterocycles. The summed E-state index contributed by atoms with van der Waals surface area (Å²) in [7, 11) is 0. The highest BCUT2D eigenvalue weighted by atomic mass is 35.5. The third kappa shape index (κ3) is 3.29. The van der Waals surface area contributed by atoms with E-state index in [-0.39, 0.29) is 10.3 Å². The zero-order valence-corrected chi connectivity index (χ0v) is 9.62. The van der Waals surface area contributed by atoms with Crippen LogP contribution in [0.3, 0.4) is 0 Å². The summed E-state index contributed by atoms with van der Waals surface area (Å²) in [4.78, 5) is 15.0. The second-order valence-corrected chi connectivity index (χ2v) is 4.53. The lowest BCUT2D eigenvalue weighted by Crippen LogP contribution is -1.89. The number of halogens is 1. The molecule has 0 aliphatic heterocycles. The number of aromatic nitrogens is 1. The van der Waals surface area contributed by atoms with Gasteiger partial charge >= 0.3 is 0 Å². The Labute approximate surface area is 96.1 Å². The number of carbonyl (C=O) groups excluding carboxylic acids is 1. The zero-order chi connectivity index (χ0) is 10.6. The Bertz CT molecular complexity index is 383. The maximum absolute atomic E-state index is 10.5. The molecule has 1 rings (SSSR count). The van der Waals surface area contributed by atoms with Gasteiger partial charge in [0.05, 0.1) is 5.01 Å². The minimum absolute atomic E-state index is 0.131. The van der Waals surface area contributed by atoms with E-state index in [0.717, 1.165) is 5.01 Å². The lowest BCUT2D eigenvalue weighted by atomic mass is 10.2. The third-order valence-electron chi connectivity index (χ3n) is 1.51. The number of thiazole rings is 1. The van der Waals surface area contributed by atoms with Gasteiger partial charge in [0, 0.05) is 6.42 Å². The van der Waals surface area contributed by atoms with Crippen LogP contribution in [0.2, 0.25) is 5.15 Å². The standard InChI is InChI=1S/C8H7ClN2OS2/c9-8-5(4-10)14-6(11-8)2-1-3-7(12)13/h1-3H2,(H,12,13). The van der Waals surface area contributed by atoms with Crippen molar-refractivity contribution >= 4 is 40.7 Å². The fraction of sp³-hybridized carbons (Fsp3) is 0.375. The first-order valence-electron chi connectivity index (χ1n) is 3.90. The van der Waals surface area contributed by atoms with Crippen molar-refractivity contribution in [3.63, 3.8) is 0 Å². The van der Waals surface area contributed by atoms with E-state index in [1.165, 1.54) is 11.3 Å². The van der Waals surface area contributed by atoms with Crippen molar-refractivity contribution in [2.45, 2.75) is 19.3 Å². The van der Waals surface area contributed by atoms with Crippen LogP contribution < -0.4 is 0 Å². The van der Waals surface area contributed by atoms with E-state index in [2.05, 4.69) is 17.6 Å². The molecule has 0 saturated carbocycles. The molecule has 6 heteroatoms. The maximum atomic E-state index is 10.5. The second-order valence-electron chi connectivity index (χ2n) is 2.59. The highest BCUT2D eigenvalue weighted by Gasteiger charge is 2.08. The van der Waals surface area contributed by atoms with E-state index in [1.807, 2.05) is 6.07 Å². The molecule has 0 aromatic carbocycles. The molecule has 0 N–H and O–H groups in total. The summed E-state index contributed by atoms with van der Waals surface area (Å²) in [5, 5.41) is 9.53. The van der Waals surface area contributed by atoms with Crippen LogP contribution in [0.1, 0.15) is 22.7 Å². The number of thiol groups is 1. The van der Waals surface area contributed by atoms with Crippen molar-refractivity contribution in [3.8, 4) is 6.07 Å². The average Bonchev–Trinajstić information content (AvgIpc) is 2.45. The van der Waals surface area contributed by atoms with Gasteiger partial charge in [-0.05, 0) is 12.8 Å². The topological polar surface area (TPSA) is 53.8 Å². The molecule has 14 heavy (non-hydrogen) atoms. The van der Waals surface area contributed by atoms with Crippen LogP contribution in [0.15, 0.2) is 0 Å². The first kappa shape index (κ1) is 11.5. The van der Waals surface area contributed by atoms with Crippen LogP contribution in [0.5, 0.6) is 0 Å². The molecule has 0 aliphatic rings. The van der Waals surface area contributed by atoms with Gasteiger partial charge in [-0.3, -0.25) is 4.79 Å². The lowest BCUT2D eigenvalue weighted by Gasteiger charge is -1.92. The minimum atomic E-state index is -0.131. The molecule has 0 atom stereocenters. The Kier molecular flexibility index (Phi) is 4.39. The first-order valence-corrected chi connectivity index (χ1v) is 5.54. The molecular weight excluding hydrogens is 240 g/mol. The van der Waals surface area contributed by atoms with Crippen molar-refractivity contribution in [2.24, 2.45) is 0 Å². The van der Waals surface area contributed by atoms with Gasteiger partial charge in [0.2, 0.25) is 0 Å². The number of rotatable bonds is 4. The summed E-state index contributed by atoms with van der Waals surface area (Å²) in [6.45, 7) is 0. The largest absolute Gasteiger partial charge is 0.288 e. The molecule has 0 unspecified atom stereocenters. The molecule has 3 nitrogen and oxygen atoms in total. The molecule has 1 aromatic rings. The van der Waals surface area contributed by atoms with Crippen molar-refractivity contribution in [1.82, 2.24) is 4.98 Å². The number of nitrogens with zero attached hydrogens (tertiary/aromatic N) is 2. The third-order valence-corrected chi connectivity index (χ3v) is 3.14. The van der Waals surface area contributed by atoms with Gasteiger partial charge in [-0.1, -0.05) is 11.6 Å². The normalized spacial score (nSPS) is 9.79. The van der Waals surface area contributed by atoms with E-state index in [9.17, 15) is 4.79 Å². The Balaban J connectivity index is 2.52. The summed E-state index contributed by atoms with van der Waals surface area (Å²) >= 11 is 10.6. The van der Waals surface area contributed by atoms with Crippen LogP contribution >= 0.6 is 35.6 Å². The van der Waals surface area contributed by atoms with Crippen molar-refractivity contribution in [1.29, 1.82) is 5.26 Å². The summed E-state index contributed by atoms with van der Waals surface area (Å²) < 4.78 is 0. The predicted molar refractivity (Wildman–Crippen MR) is 58.8 cm³/mol. The number of aryl methyl sites for hydroxylation is 1. The van der Waals surface area contributed by atoms with E-state index < -0.39 is 0 Å². The second kappa shape index (κ2) is 5.35. The first-order chi connectivity index (χ1) is 6.63. The number of carbonyl (C=O) groups is 1. The molecule has 1 aromatic heterocycles. The fourth-order valence-electron chi connectivity index (χ4n) is 0.910. The smallest absolute Gasteiger partial charge is 0.185 e. The van der Waals surface area contributed by atoms with Gasteiger partial charge in [0.15, 0.2) is 10.3 Å². The Morgan fingerprint density at radius 3 is 2.93 bits per heavy atom. The summed E-state index contributed by atoms with van der Waals surface area (Å²) in [6.07, 6.45) is 1.78. The Hall–Kier alpha value is -0.570. The molecule has 0 amide bonds. The van der Waals surface area contributed by atoms with E-state index in [4.69, 9.17) is 16.9 Å². The molecule has 0 fully saturated rings. The number of hydrogen-bond donors (Lipinski definition) is 1. The summed E-state index contributed by atoms with van der Waals surface area (Å²) in [5.74, 6) is 0. The lowest BCUT2D eigenvalue weighted by molar-refractivity contribution is -0.110. The monoisotopic (exact) mass is 246 g/mol. The molecule has 0 aliphatic carbocycles. The van der Waals surface area contributed by atoms with Crippen molar-refractivity contribution < 1.29 is 4.79 Å². The quantitative estimate of drug-likeness (QED) is 0.831. The van der Waals surface area contributed by atoms with Crippen LogP contribution in [0.4, 0.5) is 0 Å². The van der Waals surface area contributed by atoms with Crippen LogP contribution in [0, 0.1) is 11.3 Å². The number of hydrogen-bond acceptors (Lipinski definition) is 4. The van der Waals surface area contributed by atoms with Gasteiger partial charge in [0.25, 0.3) is 0 Å². The van der Waals surface area contributed by atoms with E-state index in [1.54, 1.807) is 0 Å². The van der Waals surface area contributed by atoms with Gasteiger partial charge in [-0.25, -0.2) is 4.98 Å². The highest BCUT2D eigenvalue weighted by molar-refractivity contribution is 7.96. The fourth-order valence-corrected chi connectivity index (χ4v) is 2.17. The average molecular weight is 247 g/mol. The highest BCUT2D eigenvalue weighted by Crippen LogP contribution is 2.23. The van der Waals surface area contributed by atoms with Crippen LogP contribution in [-0.2, 0) is 11.2 Å². The molecule has 0 saturated heterocycles. The zero-order valence-electron chi connectivity index (χ0n) is 7.16. The SMILES string of the molecule is N#Cc1sc(CCCC(=O)S)nc1Cl. The molecule has 74 valence electrons. The summed E-state index contributed by atoms with van der Waals surface area (Å²) in [6, 6.07) is 1.96.